The second-order valence-electron chi connectivity index (χ2n) is 6.88. The zero-order valence-electron chi connectivity index (χ0n) is 14.1. The maximum absolute atomic E-state index is 13.3. The highest BCUT2D eigenvalue weighted by Gasteiger charge is 2.19. The van der Waals surface area contributed by atoms with Gasteiger partial charge in [0.1, 0.15) is 0 Å². The molecule has 1 aromatic heterocycles. The van der Waals surface area contributed by atoms with Gasteiger partial charge in [0.05, 0.1) is 0 Å². The van der Waals surface area contributed by atoms with E-state index in [4.69, 9.17) is 0 Å². The summed E-state index contributed by atoms with van der Waals surface area (Å²) < 4.78 is 26.3. The lowest BCUT2D eigenvalue weighted by molar-refractivity contribution is 0.258. The van der Waals surface area contributed by atoms with Gasteiger partial charge in [-0.2, -0.15) is 0 Å². The van der Waals surface area contributed by atoms with E-state index in [9.17, 15) is 8.78 Å². The fourth-order valence-corrected chi connectivity index (χ4v) is 3.57. The van der Waals surface area contributed by atoms with Crippen LogP contribution in [0.2, 0.25) is 0 Å². The first-order chi connectivity index (χ1) is 11.7. The summed E-state index contributed by atoms with van der Waals surface area (Å²) in [7, 11) is 0. The summed E-state index contributed by atoms with van der Waals surface area (Å²) >= 11 is 0. The third-order valence-corrected chi connectivity index (χ3v) is 5.27. The number of halogens is 2. The number of nitrogens with zero attached hydrogens (tertiary/aromatic N) is 2. The van der Waals surface area contributed by atoms with Crippen molar-refractivity contribution >= 4 is 0 Å². The van der Waals surface area contributed by atoms with Crippen molar-refractivity contribution < 1.29 is 8.78 Å². The van der Waals surface area contributed by atoms with Crippen molar-refractivity contribution in [1.82, 2.24) is 9.97 Å². The monoisotopic (exact) mass is 330 g/mol. The molecule has 1 aliphatic carbocycles. The first-order valence-electron chi connectivity index (χ1n) is 8.92. The van der Waals surface area contributed by atoms with Gasteiger partial charge in [-0.05, 0) is 48.4 Å². The SMILES string of the molecule is CCC1CCC(CCc2cnc(-c3ccc(F)c(F)c3)nc2)CC1. The first kappa shape index (κ1) is 17.0. The van der Waals surface area contributed by atoms with Crippen LogP contribution in [0, 0.1) is 23.5 Å². The highest BCUT2D eigenvalue weighted by atomic mass is 19.2. The van der Waals surface area contributed by atoms with Gasteiger partial charge in [-0.15, -0.1) is 0 Å². The number of benzene rings is 1. The summed E-state index contributed by atoms with van der Waals surface area (Å²) in [4.78, 5) is 8.62. The third kappa shape index (κ3) is 4.16. The molecule has 2 aromatic rings. The molecule has 0 aliphatic heterocycles. The smallest absolute Gasteiger partial charge is 0.159 e. The molecule has 1 aliphatic rings. The molecule has 1 heterocycles. The molecule has 0 spiro atoms. The second kappa shape index (κ2) is 7.82. The Morgan fingerprint density at radius 2 is 1.62 bits per heavy atom. The Hall–Kier alpha value is -1.84. The van der Waals surface area contributed by atoms with E-state index >= 15 is 0 Å². The van der Waals surface area contributed by atoms with E-state index in [0.29, 0.717) is 11.4 Å². The Labute approximate surface area is 142 Å². The van der Waals surface area contributed by atoms with Crippen molar-refractivity contribution in [1.29, 1.82) is 0 Å². The summed E-state index contributed by atoms with van der Waals surface area (Å²) in [6.07, 6.45) is 12.5. The summed E-state index contributed by atoms with van der Waals surface area (Å²) in [5.41, 5.74) is 1.61. The van der Waals surface area contributed by atoms with Crippen LogP contribution in [0.25, 0.3) is 11.4 Å². The predicted molar refractivity (Wildman–Crippen MR) is 91.4 cm³/mol. The Kier molecular flexibility index (Phi) is 5.54. The quantitative estimate of drug-likeness (QED) is 0.716. The van der Waals surface area contributed by atoms with Crippen LogP contribution in [0.4, 0.5) is 8.78 Å². The van der Waals surface area contributed by atoms with Crippen LogP contribution in [-0.2, 0) is 6.42 Å². The Bertz CT molecular complexity index is 662. The fourth-order valence-electron chi connectivity index (χ4n) is 3.57. The van der Waals surface area contributed by atoms with E-state index in [-0.39, 0.29) is 0 Å². The van der Waals surface area contributed by atoms with Crippen molar-refractivity contribution in [2.24, 2.45) is 11.8 Å². The van der Waals surface area contributed by atoms with Crippen LogP contribution in [0.15, 0.2) is 30.6 Å². The van der Waals surface area contributed by atoms with Crippen molar-refractivity contribution in [2.45, 2.75) is 51.9 Å². The molecule has 0 amide bonds. The van der Waals surface area contributed by atoms with E-state index in [2.05, 4.69) is 16.9 Å². The number of aromatic nitrogens is 2. The average molecular weight is 330 g/mol. The molecule has 1 aromatic carbocycles. The topological polar surface area (TPSA) is 25.8 Å². The molecule has 0 bridgehead atoms. The fraction of sp³-hybridized carbons (Fsp3) is 0.500. The minimum atomic E-state index is -0.872. The Morgan fingerprint density at radius 3 is 2.25 bits per heavy atom. The van der Waals surface area contributed by atoms with Gasteiger partial charge < -0.3 is 0 Å². The van der Waals surface area contributed by atoms with Crippen molar-refractivity contribution in [3.05, 3.63) is 47.8 Å². The van der Waals surface area contributed by atoms with Crippen LogP contribution in [0.5, 0.6) is 0 Å². The van der Waals surface area contributed by atoms with Crippen molar-refractivity contribution in [2.75, 3.05) is 0 Å². The molecule has 24 heavy (non-hydrogen) atoms. The number of hydrogen-bond donors (Lipinski definition) is 0. The van der Waals surface area contributed by atoms with E-state index < -0.39 is 11.6 Å². The van der Waals surface area contributed by atoms with Crippen LogP contribution in [0.3, 0.4) is 0 Å². The highest BCUT2D eigenvalue weighted by Crippen LogP contribution is 2.33. The van der Waals surface area contributed by atoms with E-state index in [1.54, 1.807) is 12.4 Å². The summed E-state index contributed by atoms with van der Waals surface area (Å²) in [5.74, 6) is 0.454. The number of hydrogen-bond acceptors (Lipinski definition) is 2. The van der Waals surface area contributed by atoms with Gasteiger partial charge in [-0.25, -0.2) is 18.7 Å². The first-order valence-corrected chi connectivity index (χ1v) is 8.92. The molecule has 128 valence electrons. The highest BCUT2D eigenvalue weighted by molar-refractivity contribution is 5.54. The molecule has 0 unspecified atom stereocenters. The van der Waals surface area contributed by atoms with E-state index in [1.165, 1.54) is 44.6 Å². The van der Waals surface area contributed by atoms with Gasteiger partial charge in [0.2, 0.25) is 0 Å². The van der Waals surface area contributed by atoms with Crippen LogP contribution in [-0.4, -0.2) is 9.97 Å². The lowest BCUT2D eigenvalue weighted by atomic mass is 9.79. The molecule has 2 nitrogen and oxygen atoms in total. The second-order valence-corrected chi connectivity index (χ2v) is 6.88. The minimum Gasteiger partial charge on any atom is -0.236 e. The summed E-state index contributed by atoms with van der Waals surface area (Å²) in [6, 6.07) is 3.74. The Balaban J connectivity index is 1.56. The third-order valence-electron chi connectivity index (χ3n) is 5.27. The molecule has 0 saturated heterocycles. The van der Waals surface area contributed by atoms with Crippen LogP contribution < -0.4 is 0 Å². The zero-order valence-corrected chi connectivity index (χ0v) is 14.1. The van der Waals surface area contributed by atoms with Gasteiger partial charge in [0, 0.05) is 18.0 Å². The largest absolute Gasteiger partial charge is 0.236 e. The standard InChI is InChI=1S/C20H24F2N2/c1-2-14-3-5-15(6-4-14)7-8-16-12-23-20(24-13-16)17-9-10-18(21)19(22)11-17/h9-15H,2-8H2,1H3. The lowest BCUT2D eigenvalue weighted by Crippen LogP contribution is -2.14. The average Bonchev–Trinajstić information content (AvgIpc) is 2.63. The molecule has 1 saturated carbocycles. The molecular weight excluding hydrogens is 306 g/mol. The maximum Gasteiger partial charge on any atom is 0.159 e. The van der Waals surface area contributed by atoms with Crippen molar-refractivity contribution in [3.8, 4) is 11.4 Å². The van der Waals surface area contributed by atoms with Crippen LogP contribution in [0.1, 0.15) is 51.0 Å². The van der Waals surface area contributed by atoms with Crippen molar-refractivity contribution in [3.63, 3.8) is 0 Å². The van der Waals surface area contributed by atoms with Gasteiger partial charge in [0.25, 0.3) is 0 Å². The van der Waals surface area contributed by atoms with Gasteiger partial charge in [0.15, 0.2) is 17.5 Å². The normalized spacial score (nSPS) is 21.0. The minimum absolute atomic E-state index is 0.432. The van der Waals surface area contributed by atoms with Gasteiger partial charge >= 0.3 is 0 Å². The van der Waals surface area contributed by atoms with E-state index in [1.807, 2.05) is 0 Å². The summed E-state index contributed by atoms with van der Waals surface area (Å²) in [5, 5.41) is 0. The number of aryl methyl sites for hydroxylation is 1. The lowest BCUT2D eigenvalue weighted by Gasteiger charge is -2.27. The molecule has 1 fully saturated rings. The molecular formula is C20H24F2N2. The van der Waals surface area contributed by atoms with Crippen LogP contribution >= 0.6 is 0 Å². The molecule has 4 heteroatoms. The predicted octanol–water partition coefficient (Wildman–Crippen LogP) is 5.57. The zero-order chi connectivity index (χ0) is 16.9. The Morgan fingerprint density at radius 1 is 0.958 bits per heavy atom. The molecule has 0 atom stereocenters. The molecule has 0 N–H and O–H groups in total. The van der Waals surface area contributed by atoms with Gasteiger partial charge in [-0.3, -0.25) is 0 Å². The maximum atomic E-state index is 13.3. The summed E-state index contributed by atoms with van der Waals surface area (Å²) in [6.45, 7) is 2.29. The molecule has 3 rings (SSSR count). The molecule has 0 radical (unpaired) electrons. The van der Waals surface area contributed by atoms with E-state index in [0.717, 1.165) is 36.0 Å². The number of rotatable bonds is 5. The van der Waals surface area contributed by atoms with Gasteiger partial charge in [-0.1, -0.05) is 39.0 Å².